The van der Waals surface area contributed by atoms with Gasteiger partial charge in [-0.15, -0.1) is 0 Å². The number of hydrogen-bond donors (Lipinski definition) is 3. The fourth-order valence-electron chi connectivity index (χ4n) is 2.23. The zero-order chi connectivity index (χ0) is 13.7. The number of anilines is 2. The van der Waals surface area contributed by atoms with Crippen LogP contribution in [0.2, 0.25) is 0 Å². The number of aliphatic hydroxyl groups is 1. The van der Waals surface area contributed by atoms with Crippen molar-refractivity contribution in [1.29, 1.82) is 0 Å². The molecular weight excluding hydrogens is 242 g/mol. The molecule has 1 aromatic carbocycles. The lowest BCUT2D eigenvalue weighted by molar-refractivity contribution is -0.116. The zero-order valence-electron chi connectivity index (χ0n) is 11.0. The third-order valence-electron chi connectivity index (χ3n) is 3.45. The van der Waals surface area contributed by atoms with Gasteiger partial charge in [0, 0.05) is 26.1 Å². The van der Waals surface area contributed by atoms with E-state index in [0.29, 0.717) is 17.8 Å². The van der Waals surface area contributed by atoms with Crippen molar-refractivity contribution in [3.63, 3.8) is 0 Å². The van der Waals surface area contributed by atoms with E-state index in [1.54, 1.807) is 12.1 Å². The molecular formula is C14H21N3O2. The van der Waals surface area contributed by atoms with Gasteiger partial charge in [0.15, 0.2) is 0 Å². The second-order valence-corrected chi connectivity index (χ2v) is 4.96. The van der Waals surface area contributed by atoms with Gasteiger partial charge in [-0.2, -0.15) is 0 Å². The van der Waals surface area contributed by atoms with E-state index in [1.807, 2.05) is 12.1 Å². The molecule has 5 nitrogen and oxygen atoms in total. The Balaban J connectivity index is 1.74. The highest BCUT2D eigenvalue weighted by atomic mass is 16.3. The smallest absolute Gasteiger partial charge is 0.225 e. The van der Waals surface area contributed by atoms with E-state index in [1.165, 1.54) is 0 Å². The Hall–Kier alpha value is -1.59. The Morgan fingerprint density at radius 3 is 2.74 bits per heavy atom. The predicted octanol–water partition coefficient (Wildman–Crippen LogP) is 1.05. The summed E-state index contributed by atoms with van der Waals surface area (Å²) < 4.78 is 0. The Kier molecular flexibility index (Phi) is 4.76. The fourth-order valence-corrected chi connectivity index (χ4v) is 2.23. The predicted molar refractivity (Wildman–Crippen MR) is 75.8 cm³/mol. The molecule has 1 amide bonds. The largest absolute Gasteiger partial charge is 0.397 e. The molecule has 1 saturated heterocycles. The highest BCUT2D eigenvalue weighted by Gasteiger charge is 2.17. The Morgan fingerprint density at radius 1 is 1.37 bits per heavy atom. The van der Waals surface area contributed by atoms with Crippen molar-refractivity contribution in [3.05, 3.63) is 24.3 Å². The van der Waals surface area contributed by atoms with Crippen LogP contribution in [0.1, 0.15) is 19.3 Å². The second kappa shape index (κ2) is 6.54. The third-order valence-corrected chi connectivity index (χ3v) is 3.45. The van der Waals surface area contributed by atoms with Crippen molar-refractivity contribution in [2.75, 3.05) is 30.7 Å². The third kappa shape index (κ3) is 4.22. The average Bonchev–Trinajstić information content (AvgIpc) is 2.41. The van der Waals surface area contributed by atoms with E-state index >= 15 is 0 Å². The first-order valence-corrected chi connectivity index (χ1v) is 6.70. The molecule has 0 aliphatic carbocycles. The summed E-state index contributed by atoms with van der Waals surface area (Å²) in [6.07, 6.45) is 1.87. The Morgan fingerprint density at radius 2 is 2.05 bits per heavy atom. The van der Waals surface area contributed by atoms with Crippen molar-refractivity contribution < 1.29 is 9.90 Å². The number of rotatable bonds is 4. The second-order valence-electron chi connectivity index (χ2n) is 4.96. The van der Waals surface area contributed by atoms with E-state index in [0.717, 1.165) is 32.5 Å². The molecule has 0 atom stereocenters. The van der Waals surface area contributed by atoms with Gasteiger partial charge in [-0.05, 0) is 25.0 Å². The van der Waals surface area contributed by atoms with E-state index in [9.17, 15) is 9.90 Å². The number of nitrogens with zero attached hydrogens (tertiary/aromatic N) is 1. The van der Waals surface area contributed by atoms with Crippen molar-refractivity contribution in [3.8, 4) is 0 Å². The summed E-state index contributed by atoms with van der Waals surface area (Å²) in [5, 5.41) is 12.2. The van der Waals surface area contributed by atoms with Crippen LogP contribution >= 0.6 is 0 Å². The molecule has 1 aliphatic rings. The molecule has 5 heteroatoms. The number of carbonyl (C=O) groups is 1. The number of hydrogen-bond acceptors (Lipinski definition) is 4. The van der Waals surface area contributed by atoms with Crippen LogP contribution in [-0.4, -0.2) is 41.7 Å². The van der Waals surface area contributed by atoms with Gasteiger partial charge in [0.2, 0.25) is 5.91 Å². The molecule has 0 spiro atoms. The highest BCUT2D eigenvalue weighted by Crippen LogP contribution is 2.17. The molecule has 1 fully saturated rings. The maximum absolute atomic E-state index is 11.8. The van der Waals surface area contributed by atoms with Gasteiger partial charge in [-0.25, -0.2) is 0 Å². The molecule has 1 heterocycles. The number of para-hydroxylation sites is 2. The van der Waals surface area contributed by atoms with Crippen LogP contribution in [0.15, 0.2) is 24.3 Å². The minimum Gasteiger partial charge on any atom is -0.397 e. The maximum Gasteiger partial charge on any atom is 0.225 e. The summed E-state index contributed by atoms with van der Waals surface area (Å²) in [5.74, 6) is -0.0241. The fraction of sp³-hybridized carbons (Fsp3) is 0.500. The van der Waals surface area contributed by atoms with E-state index < -0.39 is 0 Å². The Bertz CT molecular complexity index is 428. The molecule has 1 aliphatic heterocycles. The number of aliphatic hydroxyl groups excluding tert-OH is 1. The first-order chi connectivity index (χ1) is 9.15. The standard InChI is InChI=1S/C14H21N3O2/c15-12-3-1-2-4-13(12)16-14(19)7-10-17-8-5-11(18)6-9-17/h1-4,11,18H,5-10,15H2,(H,16,19). The number of nitrogens with one attached hydrogen (secondary N) is 1. The summed E-state index contributed by atoms with van der Waals surface area (Å²) in [7, 11) is 0. The minimum atomic E-state index is -0.172. The van der Waals surface area contributed by atoms with Crippen LogP contribution in [0.5, 0.6) is 0 Å². The molecule has 0 bridgehead atoms. The lowest BCUT2D eigenvalue weighted by atomic mass is 10.1. The number of likely N-dealkylation sites (tertiary alicyclic amines) is 1. The quantitative estimate of drug-likeness (QED) is 0.710. The first kappa shape index (κ1) is 13.8. The van der Waals surface area contributed by atoms with Crippen LogP contribution in [0, 0.1) is 0 Å². The van der Waals surface area contributed by atoms with Gasteiger partial charge in [-0.1, -0.05) is 12.1 Å². The van der Waals surface area contributed by atoms with Gasteiger partial charge >= 0.3 is 0 Å². The SMILES string of the molecule is Nc1ccccc1NC(=O)CCN1CCC(O)CC1. The number of piperidine rings is 1. The number of amides is 1. The van der Waals surface area contributed by atoms with Crippen molar-refractivity contribution in [2.24, 2.45) is 0 Å². The molecule has 0 unspecified atom stereocenters. The number of nitrogens with two attached hydrogens (primary N) is 1. The summed E-state index contributed by atoms with van der Waals surface area (Å²) >= 11 is 0. The molecule has 104 valence electrons. The van der Waals surface area contributed by atoms with E-state index in [4.69, 9.17) is 5.73 Å². The van der Waals surface area contributed by atoms with Gasteiger partial charge in [0.25, 0.3) is 0 Å². The van der Waals surface area contributed by atoms with Crippen molar-refractivity contribution >= 4 is 17.3 Å². The molecule has 19 heavy (non-hydrogen) atoms. The molecule has 0 aromatic heterocycles. The zero-order valence-corrected chi connectivity index (χ0v) is 11.0. The van der Waals surface area contributed by atoms with Crippen LogP contribution in [-0.2, 0) is 4.79 Å². The lowest BCUT2D eigenvalue weighted by Crippen LogP contribution is -2.37. The molecule has 0 saturated carbocycles. The molecule has 4 N–H and O–H groups in total. The average molecular weight is 263 g/mol. The topological polar surface area (TPSA) is 78.6 Å². The summed E-state index contributed by atoms with van der Waals surface area (Å²) in [5.41, 5.74) is 7.02. The Labute approximate surface area is 113 Å². The number of benzene rings is 1. The van der Waals surface area contributed by atoms with Crippen molar-refractivity contribution in [2.45, 2.75) is 25.4 Å². The summed E-state index contributed by atoms with van der Waals surface area (Å²) in [6, 6.07) is 7.24. The highest BCUT2D eigenvalue weighted by molar-refractivity contribution is 5.93. The van der Waals surface area contributed by atoms with Crippen LogP contribution in [0.25, 0.3) is 0 Å². The maximum atomic E-state index is 11.8. The van der Waals surface area contributed by atoms with Crippen LogP contribution in [0.4, 0.5) is 11.4 Å². The van der Waals surface area contributed by atoms with Gasteiger partial charge in [0.1, 0.15) is 0 Å². The van der Waals surface area contributed by atoms with Crippen LogP contribution in [0.3, 0.4) is 0 Å². The summed E-state index contributed by atoms with van der Waals surface area (Å²) in [4.78, 5) is 14.0. The molecule has 1 aromatic rings. The van der Waals surface area contributed by atoms with E-state index in [2.05, 4.69) is 10.2 Å². The minimum absolute atomic E-state index is 0.0241. The lowest BCUT2D eigenvalue weighted by Gasteiger charge is -2.29. The van der Waals surface area contributed by atoms with Gasteiger partial charge in [0.05, 0.1) is 17.5 Å². The molecule has 0 radical (unpaired) electrons. The number of carbonyl (C=O) groups excluding carboxylic acids is 1. The van der Waals surface area contributed by atoms with E-state index in [-0.39, 0.29) is 12.0 Å². The normalized spacial score (nSPS) is 17.3. The van der Waals surface area contributed by atoms with Crippen LogP contribution < -0.4 is 11.1 Å². The summed E-state index contributed by atoms with van der Waals surface area (Å²) in [6.45, 7) is 2.45. The monoisotopic (exact) mass is 263 g/mol. The van der Waals surface area contributed by atoms with Crippen molar-refractivity contribution in [1.82, 2.24) is 4.90 Å². The number of nitrogen functional groups attached to an aromatic ring is 1. The van der Waals surface area contributed by atoms with Gasteiger partial charge < -0.3 is 21.1 Å². The first-order valence-electron chi connectivity index (χ1n) is 6.70. The van der Waals surface area contributed by atoms with Gasteiger partial charge in [-0.3, -0.25) is 4.79 Å². The molecule has 2 rings (SSSR count).